The van der Waals surface area contributed by atoms with Crippen LogP contribution in [0.4, 0.5) is 11.6 Å². The van der Waals surface area contributed by atoms with Crippen LogP contribution in [-0.2, 0) is 18.0 Å². The second-order valence-electron chi connectivity index (χ2n) is 6.77. The van der Waals surface area contributed by atoms with E-state index in [4.69, 9.17) is 4.74 Å². The van der Waals surface area contributed by atoms with Crippen LogP contribution in [0.3, 0.4) is 0 Å². The number of benzene rings is 1. The Morgan fingerprint density at radius 3 is 2.80 bits per heavy atom. The van der Waals surface area contributed by atoms with Crippen molar-refractivity contribution in [1.29, 1.82) is 0 Å². The van der Waals surface area contributed by atoms with Crippen molar-refractivity contribution >= 4 is 17.5 Å². The Bertz CT molecular complexity index is 1040. The van der Waals surface area contributed by atoms with Crippen molar-refractivity contribution < 1.29 is 14.5 Å². The van der Waals surface area contributed by atoms with Gasteiger partial charge in [0.05, 0.1) is 13.2 Å². The quantitative estimate of drug-likeness (QED) is 0.448. The number of nitrogens with zero attached hydrogens (tertiary/aromatic N) is 7. The monoisotopic (exact) mass is 412 g/mol. The highest BCUT2D eigenvalue weighted by molar-refractivity contribution is 6.02. The van der Waals surface area contributed by atoms with Crippen molar-refractivity contribution in [2.75, 3.05) is 31.6 Å². The minimum atomic E-state index is -0.675. The normalized spacial score (nSPS) is 14.5. The van der Waals surface area contributed by atoms with Gasteiger partial charge in [0.2, 0.25) is 6.33 Å². The number of aromatic nitrogens is 5. The summed E-state index contributed by atoms with van der Waals surface area (Å²) >= 11 is 0. The topological polar surface area (TPSA) is 133 Å². The zero-order valence-corrected chi connectivity index (χ0v) is 16.0. The first kappa shape index (κ1) is 19.7. The van der Waals surface area contributed by atoms with Crippen molar-refractivity contribution in [2.45, 2.75) is 13.2 Å². The van der Waals surface area contributed by atoms with Gasteiger partial charge in [-0.1, -0.05) is 17.1 Å². The van der Waals surface area contributed by atoms with Crippen molar-refractivity contribution in [3.63, 3.8) is 0 Å². The Labute approximate surface area is 171 Å². The van der Waals surface area contributed by atoms with Crippen molar-refractivity contribution in [1.82, 2.24) is 29.4 Å². The molecule has 12 nitrogen and oxygen atoms in total. The molecule has 1 N–H and O–H groups in total. The molecule has 1 aromatic carbocycles. The van der Waals surface area contributed by atoms with E-state index in [2.05, 4.69) is 25.4 Å². The van der Waals surface area contributed by atoms with Gasteiger partial charge in [0.15, 0.2) is 12.4 Å². The van der Waals surface area contributed by atoms with E-state index in [1.54, 1.807) is 12.3 Å². The summed E-state index contributed by atoms with van der Waals surface area (Å²) in [4.78, 5) is 28.4. The van der Waals surface area contributed by atoms with Crippen LogP contribution in [-0.4, -0.2) is 66.6 Å². The summed E-state index contributed by atoms with van der Waals surface area (Å²) in [5, 5.41) is 21.4. The number of hydrogen-bond acceptors (Lipinski definition) is 8. The molecular weight excluding hydrogens is 392 g/mol. The van der Waals surface area contributed by atoms with Crippen LogP contribution in [0.25, 0.3) is 0 Å². The summed E-state index contributed by atoms with van der Waals surface area (Å²) in [6.45, 7) is 4.16. The summed E-state index contributed by atoms with van der Waals surface area (Å²) < 4.78 is 8.08. The summed E-state index contributed by atoms with van der Waals surface area (Å²) in [7, 11) is 0. The Morgan fingerprint density at radius 1 is 1.20 bits per heavy atom. The lowest BCUT2D eigenvalue weighted by Gasteiger charge is -2.26. The fraction of sp³-hybridized carbons (Fsp3) is 0.333. The van der Waals surface area contributed by atoms with E-state index in [9.17, 15) is 14.9 Å². The molecule has 0 saturated carbocycles. The van der Waals surface area contributed by atoms with E-state index in [0.717, 1.165) is 38.4 Å². The van der Waals surface area contributed by atoms with E-state index in [1.165, 1.54) is 15.7 Å². The molecule has 156 valence electrons. The maximum Gasteiger partial charge on any atom is 0.491 e. The van der Waals surface area contributed by atoms with Crippen LogP contribution >= 0.6 is 0 Å². The third-order valence-corrected chi connectivity index (χ3v) is 4.55. The number of nitrogens with one attached hydrogen (secondary N) is 1. The lowest BCUT2D eigenvalue weighted by atomic mass is 10.2. The zero-order chi connectivity index (χ0) is 20.9. The molecular formula is C18H20N8O4. The molecule has 1 aliphatic rings. The molecule has 2 aromatic heterocycles. The van der Waals surface area contributed by atoms with Gasteiger partial charge < -0.3 is 20.2 Å². The first-order chi connectivity index (χ1) is 14.6. The van der Waals surface area contributed by atoms with Gasteiger partial charge in [0.1, 0.15) is 0 Å². The van der Waals surface area contributed by atoms with Gasteiger partial charge in [-0.25, -0.2) is 4.68 Å². The Morgan fingerprint density at radius 2 is 2.03 bits per heavy atom. The van der Waals surface area contributed by atoms with Crippen LogP contribution in [0.5, 0.6) is 0 Å². The van der Waals surface area contributed by atoms with Crippen molar-refractivity contribution in [3.05, 3.63) is 64.2 Å². The van der Waals surface area contributed by atoms with E-state index in [-0.39, 0.29) is 18.3 Å². The second kappa shape index (κ2) is 8.80. The minimum Gasteiger partial charge on any atom is -0.390 e. The SMILES string of the molecule is O=C(Nc1cccc(CN2CCOCC2)c1)c1ccn(Cn2cnc([N+](=O)[O-])n2)n1. The molecule has 1 saturated heterocycles. The van der Waals surface area contributed by atoms with E-state index >= 15 is 0 Å². The fourth-order valence-electron chi connectivity index (χ4n) is 3.11. The highest BCUT2D eigenvalue weighted by Gasteiger charge is 2.15. The number of morpholine rings is 1. The van der Waals surface area contributed by atoms with Crippen LogP contribution in [0, 0.1) is 10.1 Å². The molecule has 30 heavy (non-hydrogen) atoms. The predicted octanol–water partition coefficient (Wildman–Crippen LogP) is 0.973. The summed E-state index contributed by atoms with van der Waals surface area (Å²) in [5.74, 6) is -0.834. The van der Waals surface area contributed by atoms with Gasteiger partial charge in [-0.05, 0) is 28.7 Å². The van der Waals surface area contributed by atoms with Crippen LogP contribution < -0.4 is 5.32 Å². The maximum absolute atomic E-state index is 12.5. The average Bonchev–Trinajstić information content (AvgIpc) is 3.39. The van der Waals surface area contributed by atoms with Gasteiger partial charge >= 0.3 is 5.95 Å². The molecule has 12 heteroatoms. The number of amides is 1. The van der Waals surface area contributed by atoms with Crippen LogP contribution in [0.15, 0.2) is 42.9 Å². The maximum atomic E-state index is 12.5. The summed E-state index contributed by atoms with van der Waals surface area (Å²) in [6.07, 6.45) is 2.83. The van der Waals surface area contributed by atoms with Crippen LogP contribution in [0.1, 0.15) is 16.1 Å². The lowest BCUT2D eigenvalue weighted by Crippen LogP contribution is -2.35. The predicted molar refractivity (Wildman–Crippen MR) is 105 cm³/mol. The highest BCUT2D eigenvalue weighted by atomic mass is 16.6. The van der Waals surface area contributed by atoms with Crippen molar-refractivity contribution in [2.24, 2.45) is 0 Å². The van der Waals surface area contributed by atoms with Gasteiger partial charge in [0.25, 0.3) is 5.91 Å². The fourth-order valence-corrected chi connectivity index (χ4v) is 3.11. The first-order valence-corrected chi connectivity index (χ1v) is 9.34. The summed E-state index contributed by atoms with van der Waals surface area (Å²) in [6, 6.07) is 9.27. The number of ether oxygens (including phenoxy) is 1. The average molecular weight is 412 g/mol. The number of rotatable bonds is 7. The van der Waals surface area contributed by atoms with Crippen molar-refractivity contribution in [3.8, 4) is 0 Å². The number of carbonyl (C=O) groups is 1. The highest BCUT2D eigenvalue weighted by Crippen LogP contribution is 2.14. The molecule has 3 aromatic rings. The first-order valence-electron chi connectivity index (χ1n) is 9.34. The zero-order valence-electron chi connectivity index (χ0n) is 16.0. The van der Waals surface area contributed by atoms with Crippen LogP contribution in [0.2, 0.25) is 0 Å². The number of nitro groups is 1. The Hall–Kier alpha value is -3.64. The van der Waals surface area contributed by atoms with E-state index in [1.807, 2.05) is 24.3 Å². The molecule has 1 aliphatic heterocycles. The largest absolute Gasteiger partial charge is 0.491 e. The molecule has 0 unspecified atom stereocenters. The molecule has 0 radical (unpaired) electrons. The molecule has 0 spiro atoms. The molecule has 0 bridgehead atoms. The smallest absolute Gasteiger partial charge is 0.390 e. The molecule has 4 rings (SSSR count). The third-order valence-electron chi connectivity index (χ3n) is 4.55. The molecule has 1 fully saturated rings. The standard InChI is InChI=1S/C18H20N8O4/c27-17(16-4-5-24(21-16)13-25-12-19-18(22-25)26(28)29)20-15-3-1-2-14(10-15)11-23-6-8-30-9-7-23/h1-5,10,12H,6-9,11,13H2,(H,20,27). The van der Waals surface area contributed by atoms with Gasteiger partial charge in [-0.15, -0.1) is 0 Å². The molecule has 3 heterocycles. The molecule has 1 amide bonds. The van der Waals surface area contributed by atoms with E-state index < -0.39 is 10.9 Å². The molecule has 0 atom stereocenters. The number of carbonyl (C=O) groups excluding carboxylic acids is 1. The Kier molecular flexibility index (Phi) is 5.77. The van der Waals surface area contributed by atoms with Gasteiger partial charge in [-0.3, -0.25) is 9.69 Å². The number of hydrogen-bond donors (Lipinski definition) is 1. The Balaban J connectivity index is 1.37. The lowest BCUT2D eigenvalue weighted by molar-refractivity contribution is -0.394. The third kappa shape index (κ3) is 4.85. The summed E-state index contributed by atoms with van der Waals surface area (Å²) in [5.41, 5.74) is 2.02. The second-order valence-corrected chi connectivity index (χ2v) is 6.77. The van der Waals surface area contributed by atoms with E-state index in [0.29, 0.717) is 5.69 Å². The number of anilines is 1. The van der Waals surface area contributed by atoms with Gasteiger partial charge in [0, 0.05) is 36.6 Å². The van der Waals surface area contributed by atoms with Gasteiger partial charge in [-0.2, -0.15) is 9.78 Å². The minimum absolute atomic E-state index is 0.100. The molecule has 0 aliphatic carbocycles.